The first kappa shape index (κ1) is 15.1. The Morgan fingerprint density at radius 3 is 2.06 bits per heavy atom. The van der Waals surface area contributed by atoms with E-state index in [2.05, 4.69) is 29.8 Å². The highest BCUT2D eigenvalue weighted by Crippen LogP contribution is 2.31. The highest BCUT2D eigenvalue weighted by atomic mass is 79.9. The second kappa shape index (κ2) is 6.86. The first-order chi connectivity index (χ1) is 8.05. The van der Waals surface area contributed by atoms with Gasteiger partial charge >= 0.3 is 0 Å². The summed E-state index contributed by atoms with van der Waals surface area (Å²) in [7, 11) is 0. The van der Waals surface area contributed by atoms with E-state index in [0.717, 1.165) is 23.9 Å². The van der Waals surface area contributed by atoms with Crippen LogP contribution in [0.25, 0.3) is 0 Å². The van der Waals surface area contributed by atoms with Crippen LogP contribution in [0.5, 0.6) is 5.75 Å². The highest BCUT2D eigenvalue weighted by Gasteiger charge is 2.25. The molecule has 1 nitrogen and oxygen atoms in total. The van der Waals surface area contributed by atoms with E-state index < -0.39 is 0 Å². The molecule has 0 spiro atoms. The van der Waals surface area contributed by atoms with Crippen molar-refractivity contribution in [3.8, 4) is 5.75 Å². The van der Waals surface area contributed by atoms with Gasteiger partial charge in [-0.25, -0.2) is 0 Å². The third-order valence-electron chi connectivity index (χ3n) is 3.16. The minimum Gasteiger partial charge on any atom is -0.493 e. The molecule has 0 fully saturated rings. The highest BCUT2D eigenvalue weighted by molar-refractivity contribution is 9.09. The van der Waals surface area contributed by atoms with Crippen molar-refractivity contribution in [3.05, 3.63) is 28.2 Å². The maximum absolute atomic E-state index is 5.93. The van der Waals surface area contributed by atoms with Crippen molar-refractivity contribution in [1.29, 1.82) is 0 Å². The van der Waals surface area contributed by atoms with Gasteiger partial charge in [-0.15, -0.1) is 0 Å². The second-order valence-electron chi connectivity index (χ2n) is 4.23. The van der Waals surface area contributed by atoms with Gasteiger partial charge in [-0.3, -0.25) is 0 Å². The zero-order valence-corrected chi connectivity index (χ0v) is 13.2. The minimum absolute atomic E-state index is 0.175. The lowest BCUT2D eigenvalue weighted by Gasteiger charge is -2.29. The Kier molecular flexibility index (Phi) is 6.11. The fourth-order valence-corrected chi connectivity index (χ4v) is 2.99. The Hall–Kier alpha value is 0.0800. The smallest absolute Gasteiger partial charge is 0.122 e. The zero-order chi connectivity index (χ0) is 12.9. The van der Waals surface area contributed by atoms with Gasteiger partial charge in [0.2, 0.25) is 0 Å². The summed E-state index contributed by atoms with van der Waals surface area (Å²) in [5.74, 6) is 0.731. The molecule has 1 aromatic carbocycles. The third kappa shape index (κ3) is 4.35. The van der Waals surface area contributed by atoms with E-state index in [1.54, 1.807) is 18.2 Å². The normalized spacial score (nSPS) is 11.6. The molecule has 0 bridgehead atoms. The van der Waals surface area contributed by atoms with Gasteiger partial charge in [-0.1, -0.05) is 53.0 Å². The maximum Gasteiger partial charge on any atom is 0.122 e. The van der Waals surface area contributed by atoms with E-state index in [1.165, 1.54) is 0 Å². The summed E-state index contributed by atoms with van der Waals surface area (Å²) in [6.45, 7) is 5.03. The first-order valence-electron chi connectivity index (χ1n) is 5.70. The molecule has 0 N–H and O–H groups in total. The molecule has 0 amide bonds. The molecule has 1 aromatic rings. The van der Waals surface area contributed by atoms with Crippen LogP contribution in [0, 0.1) is 5.41 Å². The van der Waals surface area contributed by atoms with Gasteiger partial charge in [0.1, 0.15) is 5.75 Å². The van der Waals surface area contributed by atoms with E-state index in [0.29, 0.717) is 16.7 Å². The molecule has 0 aliphatic carbocycles. The summed E-state index contributed by atoms with van der Waals surface area (Å²) in [4.78, 5) is 0. The van der Waals surface area contributed by atoms with Crippen molar-refractivity contribution in [2.24, 2.45) is 5.41 Å². The van der Waals surface area contributed by atoms with Gasteiger partial charge in [0.25, 0.3) is 0 Å². The van der Waals surface area contributed by atoms with Crippen LogP contribution in [0.15, 0.2) is 18.2 Å². The van der Waals surface area contributed by atoms with Crippen LogP contribution in [0.3, 0.4) is 0 Å². The van der Waals surface area contributed by atoms with Gasteiger partial charge in [0.05, 0.1) is 6.61 Å². The SMILES string of the molecule is CCC(CC)(CBr)COc1cc(Cl)cc(Cl)c1. The first-order valence-corrected chi connectivity index (χ1v) is 7.58. The van der Waals surface area contributed by atoms with Crippen LogP contribution in [-0.2, 0) is 0 Å². The van der Waals surface area contributed by atoms with Crippen LogP contribution in [0.4, 0.5) is 0 Å². The fourth-order valence-electron chi connectivity index (χ4n) is 1.53. The maximum atomic E-state index is 5.93. The summed E-state index contributed by atoms with van der Waals surface area (Å²) < 4.78 is 5.81. The zero-order valence-electron chi connectivity index (χ0n) is 10.1. The third-order valence-corrected chi connectivity index (χ3v) is 4.79. The number of hydrogen-bond acceptors (Lipinski definition) is 1. The Morgan fingerprint density at radius 1 is 1.12 bits per heavy atom. The lowest BCUT2D eigenvalue weighted by Crippen LogP contribution is -2.29. The van der Waals surface area contributed by atoms with Crippen LogP contribution < -0.4 is 4.74 Å². The molecule has 1 rings (SSSR count). The summed E-state index contributed by atoms with van der Waals surface area (Å²) in [6, 6.07) is 5.28. The monoisotopic (exact) mass is 338 g/mol. The van der Waals surface area contributed by atoms with Gasteiger partial charge in [0.15, 0.2) is 0 Å². The Balaban J connectivity index is 2.71. The van der Waals surface area contributed by atoms with E-state index in [4.69, 9.17) is 27.9 Å². The van der Waals surface area contributed by atoms with E-state index >= 15 is 0 Å². The molecule has 96 valence electrons. The lowest BCUT2D eigenvalue weighted by molar-refractivity contribution is 0.158. The van der Waals surface area contributed by atoms with Crippen molar-refractivity contribution >= 4 is 39.1 Å². The summed E-state index contributed by atoms with van der Waals surface area (Å²) >= 11 is 15.4. The van der Waals surface area contributed by atoms with E-state index in [9.17, 15) is 0 Å². The van der Waals surface area contributed by atoms with Crippen molar-refractivity contribution in [2.45, 2.75) is 26.7 Å². The number of hydrogen-bond donors (Lipinski definition) is 0. The molecule has 0 heterocycles. The molecule has 0 aliphatic rings. The summed E-state index contributed by atoms with van der Waals surface area (Å²) in [5, 5.41) is 2.14. The average Bonchev–Trinajstić information content (AvgIpc) is 2.30. The van der Waals surface area contributed by atoms with Gasteiger partial charge in [-0.2, -0.15) is 0 Å². The second-order valence-corrected chi connectivity index (χ2v) is 5.67. The molecule has 17 heavy (non-hydrogen) atoms. The minimum atomic E-state index is 0.175. The largest absolute Gasteiger partial charge is 0.493 e. The van der Waals surface area contributed by atoms with E-state index in [1.807, 2.05) is 0 Å². The predicted molar refractivity (Wildman–Crippen MR) is 78.8 cm³/mol. The quantitative estimate of drug-likeness (QED) is 0.615. The number of halogens is 3. The Morgan fingerprint density at radius 2 is 1.65 bits per heavy atom. The van der Waals surface area contributed by atoms with Crippen molar-refractivity contribution in [3.63, 3.8) is 0 Å². The van der Waals surface area contributed by atoms with Crippen molar-refractivity contribution < 1.29 is 4.74 Å². The standard InChI is InChI=1S/C13H17BrCl2O/c1-3-13(4-2,8-14)9-17-12-6-10(15)5-11(16)7-12/h5-7H,3-4,8-9H2,1-2H3. The van der Waals surface area contributed by atoms with Crippen LogP contribution in [-0.4, -0.2) is 11.9 Å². The number of ether oxygens (including phenoxy) is 1. The van der Waals surface area contributed by atoms with Crippen molar-refractivity contribution in [2.75, 3.05) is 11.9 Å². The molecule has 0 radical (unpaired) electrons. The Labute approximate surface area is 122 Å². The molecule has 0 atom stereocenters. The molecular formula is C13H17BrCl2O. The Bertz CT molecular complexity index is 336. The molecule has 0 aliphatic heterocycles. The summed E-state index contributed by atoms with van der Waals surface area (Å²) in [6.07, 6.45) is 2.14. The fraction of sp³-hybridized carbons (Fsp3) is 0.538. The van der Waals surface area contributed by atoms with E-state index in [-0.39, 0.29) is 5.41 Å². The van der Waals surface area contributed by atoms with Crippen LogP contribution >= 0.6 is 39.1 Å². The predicted octanol–water partition coefficient (Wildman–Crippen LogP) is 5.57. The number of benzene rings is 1. The van der Waals surface area contributed by atoms with Gasteiger partial charge in [0, 0.05) is 20.8 Å². The number of alkyl halides is 1. The van der Waals surface area contributed by atoms with Crippen LogP contribution in [0.1, 0.15) is 26.7 Å². The molecule has 0 saturated heterocycles. The average molecular weight is 340 g/mol. The topological polar surface area (TPSA) is 9.23 Å². The molecule has 4 heteroatoms. The van der Waals surface area contributed by atoms with Crippen molar-refractivity contribution in [1.82, 2.24) is 0 Å². The van der Waals surface area contributed by atoms with Gasteiger partial charge < -0.3 is 4.74 Å². The molecule has 0 aromatic heterocycles. The molecule has 0 saturated carbocycles. The molecule has 0 unspecified atom stereocenters. The lowest BCUT2D eigenvalue weighted by atomic mass is 9.86. The number of rotatable bonds is 6. The van der Waals surface area contributed by atoms with Crippen LogP contribution in [0.2, 0.25) is 10.0 Å². The summed E-state index contributed by atoms with van der Waals surface area (Å²) in [5.41, 5.74) is 0.175. The van der Waals surface area contributed by atoms with Gasteiger partial charge in [-0.05, 0) is 31.0 Å². The molecular weight excluding hydrogens is 323 g/mol.